The molecule has 0 spiro atoms. The van der Waals surface area contributed by atoms with Gasteiger partial charge in [0, 0.05) is 30.4 Å². The quantitative estimate of drug-likeness (QED) is 0.466. The highest BCUT2D eigenvalue weighted by Crippen LogP contribution is 2.27. The molecular weight excluding hydrogens is 378 g/mol. The number of imidazole rings is 1. The van der Waals surface area contributed by atoms with Crippen LogP contribution in [-0.4, -0.2) is 36.7 Å². The molecule has 3 aromatic rings. The number of anilines is 3. The minimum Gasteiger partial charge on any atom is -0.508 e. The molecule has 1 saturated carbocycles. The normalized spacial score (nSPS) is 19.3. The molecule has 2 aromatic heterocycles. The van der Waals surface area contributed by atoms with Crippen molar-refractivity contribution in [3.8, 4) is 5.75 Å². The molecule has 1 aliphatic carbocycles. The average Bonchev–Trinajstić information content (AvgIpc) is 3.11. The number of nitrogens with two attached hydrogens (primary N) is 1. The summed E-state index contributed by atoms with van der Waals surface area (Å²) in [4.78, 5) is 14.1. The molecule has 8 heteroatoms. The topological polar surface area (TPSA) is 114 Å². The number of nitrogens with zero attached hydrogens (tertiary/aromatic N) is 4. The summed E-state index contributed by atoms with van der Waals surface area (Å²) in [6.07, 6.45) is 6.95. The van der Waals surface area contributed by atoms with E-state index in [9.17, 15) is 5.11 Å². The van der Waals surface area contributed by atoms with Crippen molar-refractivity contribution in [1.82, 2.24) is 19.5 Å². The van der Waals surface area contributed by atoms with Crippen molar-refractivity contribution >= 4 is 28.6 Å². The van der Waals surface area contributed by atoms with Crippen LogP contribution in [0.25, 0.3) is 11.2 Å². The number of hydrogen-bond donors (Lipinski definition) is 4. The van der Waals surface area contributed by atoms with Crippen LogP contribution in [0.15, 0.2) is 30.6 Å². The molecule has 1 aromatic carbocycles. The van der Waals surface area contributed by atoms with Crippen molar-refractivity contribution in [1.29, 1.82) is 0 Å². The second-order valence-electron chi connectivity index (χ2n) is 8.62. The lowest BCUT2D eigenvalue weighted by Crippen LogP contribution is -2.33. The van der Waals surface area contributed by atoms with E-state index in [1.165, 1.54) is 0 Å². The highest BCUT2D eigenvalue weighted by atomic mass is 16.3. The number of aryl methyl sites for hydroxylation is 1. The number of rotatable bonds is 7. The van der Waals surface area contributed by atoms with Gasteiger partial charge in [-0.1, -0.05) is 19.9 Å². The Kier molecular flexibility index (Phi) is 6.03. The van der Waals surface area contributed by atoms with Gasteiger partial charge in [0.2, 0.25) is 5.95 Å². The van der Waals surface area contributed by atoms with Crippen LogP contribution in [0.1, 0.15) is 46.0 Å². The molecule has 160 valence electrons. The summed E-state index contributed by atoms with van der Waals surface area (Å²) in [7, 11) is 0. The third-order valence-corrected chi connectivity index (χ3v) is 5.63. The third kappa shape index (κ3) is 4.81. The minimum absolute atomic E-state index is 0.199. The van der Waals surface area contributed by atoms with Crippen LogP contribution in [0.3, 0.4) is 0 Å². The number of fused-ring (bicyclic) bond motifs is 1. The van der Waals surface area contributed by atoms with E-state index in [-0.39, 0.29) is 5.75 Å². The highest BCUT2D eigenvalue weighted by molar-refractivity contribution is 5.86. The van der Waals surface area contributed by atoms with Gasteiger partial charge in [-0.15, -0.1) is 0 Å². The summed E-state index contributed by atoms with van der Waals surface area (Å²) in [5.41, 5.74) is 8.33. The summed E-state index contributed by atoms with van der Waals surface area (Å²) in [6, 6.07) is 7.61. The Labute approximate surface area is 176 Å². The third-order valence-electron chi connectivity index (χ3n) is 5.63. The Bertz CT molecular complexity index is 992. The molecular formula is C22H31N7O. The van der Waals surface area contributed by atoms with Gasteiger partial charge >= 0.3 is 0 Å². The first kappa shape index (κ1) is 20.4. The first-order valence-corrected chi connectivity index (χ1v) is 10.8. The molecule has 30 heavy (non-hydrogen) atoms. The van der Waals surface area contributed by atoms with Crippen LogP contribution in [0, 0.1) is 5.92 Å². The molecule has 0 unspecified atom stereocenters. The Morgan fingerprint density at radius 3 is 2.73 bits per heavy atom. The molecule has 8 nitrogen and oxygen atoms in total. The zero-order chi connectivity index (χ0) is 21.1. The second-order valence-corrected chi connectivity index (χ2v) is 8.62. The van der Waals surface area contributed by atoms with Gasteiger partial charge < -0.3 is 26.0 Å². The molecule has 1 fully saturated rings. The Morgan fingerprint density at radius 2 is 2.00 bits per heavy atom. The van der Waals surface area contributed by atoms with Gasteiger partial charge in [-0.05, 0) is 50.2 Å². The fourth-order valence-electron chi connectivity index (χ4n) is 3.82. The van der Waals surface area contributed by atoms with Crippen molar-refractivity contribution in [3.05, 3.63) is 30.6 Å². The van der Waals surface area contributed by atoms with Gasteiger partial charge in [-0.25, -0.2) is 4.98 Å². The van der Waals surface area contributed by atoms with Crippen LogP contribution in [-0.2, 0) is 6.54 Å². The van der Waals surface area contributed by atoms with Crippen molar-refractivity contribution in [2.75, 3.05) is 10.6 Å². The van der Waals surface area contributed by atoms with Crippen LogP contribution < -0.4 is 16.4 Å². The minimum atomic E-state index is 0.199. The predicted molar refractivity (Wildman–Crippen MR) is 120 cm³/mol. The summed E-state index contributed by atoms with van der Waals surface area (Å²) >= 11 is 0. The van der Waals surface area contributed by atoms with E-state index in [1.807, 2.05) is 12.4 Å². The lowest BCUT2D eigenvalue weighted by Gasteiger charge is -2.26. The summed E-state index contributed by atoms with van der Waals surface area (Å²) in [5.74, 6) is 2.02. The Hall–Kier alpha value is -2.87. The average molecular weight is 410 g/mol. The summed E-state index contributed by atoms with van der Waals surface area (Å²) < 4.78 is 2.09. The van der Waals surface area contributed by atoms with Gasteiger partial charge in [0.05, 0.1) is 6.33 Å². The molecule has 2 heterocycles. The lowest BCUT2D eigenvalue weighted by atomic mass is 9.92. The smallest absolute Gasteiger partial charge is 0.227 e. The van der Waals surface area contributed by atoms with E-state index in [0.717, 1.165) is 55.5 Å². The Balaban J connectivity index is 1.66. The molecule has 5 N–H and O–H groups in total. The first-order valence-electron chi connectivity index (χ1n) is 10.8. The van der Waals surface area contributed by atoms with Crippen molar-refractivity contribution in [2.45, 2.75) is 64.6 Å². The number of aromatic nitrogens is 4. The summed E-state index contributed by atoms with van der Waals surface area (Å²) in [5, 5.41) is 16.6. The fraction of sp³-hybridized carbons (Fsp3) is 0.500. The van der Waals surface area contributed by atoms with Gasteiger partial charge in [0.15, 0.2) is 17.0 Å². The van der Waals surface area contributed by atoms with Gasteiger partial charge in [0.1, 0.15) is 5.75 Å². The van der Waals surface area contributed by atoms with E-state index < -0.39 is 0 Å². The van der Waals surface area contributed by atoms with E-state index in [4.69, 9.17) is 15.7 Å². The highest BCUT2D eigenvalue weighted by Gasteiger charge is 2.21. The summed E-state index contributed by atoms with van der Waals surface area (Å²) in [6.45, 7) is 5.28. The molecule has 4 rings (SSSR count). The maximum atomic E-state index is 9.81. The monoisotopic (exact) mass is 409 g/mol. The first-order chi connectivity index (χ1) is 14.5. The van der Waals surface area contributed by atoms with Crippen LogP contribution in [0.4, 0.5) is 17.5 Å². The molecule has 0 radical (unpaired) electrons. The second kappa shape index (κ2) is 8.87. The molecule has 1 aliphatic rings. The number of phenols is 1. The van der Waals surface area contributed by atoms with Gasteiger partial charge in [-0.2, -0.15) is 9.97 Å². The van der Waals surface area contributed by atoms with Gasteiger partial charge in [0.25, 0.3) is 0 Å². The number of nitrogens with one attached hydrogen (secondary N) is 2. The maximum absolute atomic E-state index is 9.81. The molecule has 0 amide bonds. The predicted octanol–water partition coefficient (Wildman–Crippen LogP) is 4.00. The fourth-order valence-corrected chi connectivity index (χ4v) is 3.82. The number of hydrogen-bond acceptors (Lipinski definition) is 7. The molecule has 0 bridgehead atoms. The van der Waals surface area contributed by atoms with Crippen molar-refractivity contribution in [3.63, 3.8) is 0 Å². The van der Waals surface area contributed by atoms with Gasteiger partial charge in [-0.3, -0.25) is 0 Å². The SMILES string of the molecule is CC(C)CCn1cnc2c(Nc3cccc(O)c3)nc(NC3CCC(N)CC3)nc21. The zero-order valence-corrected chi connectivity index (χ0v) is 17.7. The van der Waals surface area contributed by atoms with Crippen LogP contribution in [0.2, 0.25) is 0 Å². The molecule has 0 saturated heterocycles. The molecule has 0 aliphatic heterocycles. The van der Waals surface area contributed by atoms with E-state index in [0.29, 0.717) is 29.8 Å². The van der Waals surface area contributed by atoms with E-state index in [2.05, 4.69) is 34.0 Å². The number of benzene rings is 1. The zero-order valence-electron chi connectivity index (χ0n) is 17.7. The molecule has 0 atom stereocenters. The number of phenolic OH excluding ortho intramolecular Hbond substituents is 1. The Morgan fingerprint density at radius 1 is 1.20 bits per heavy atom. The van der Waals surface area contributed by atoms with E-state index in [1.54, 1.807) is 18.2 Å². The number of aromatic hydroxyl groups is 1. The lowest BCUT2D eigenvalue weighted by molar-refractivity contribution is 0.410. The van der Waals surface area contributed by atoms with E-state index >= 15 is 0 Å². The van der Waals surface area contributed by atoms with Crippen LogP contribution in [0.5, 0.6) is 5.75 Å². The van der Waals surface area contributed by atoms with Crippen LogP contribution >= 0.6 is 0 Å². The largest absolute Gasteiger partial charge is 0.508 e. The van der Waals surface area contributed by atoms with Crippen molar-refractivity contribution in [2.24, 2.45) is 11.7 Å². The van der Waals surface area contributed by atoms with Crippen molar-refractivity contribution < 1.29 is 5.11 Å². The standard InChI is InChI=1S/C22H31N7O/c1-14(2)10-11-29-13-24-19-20(25-17-4-3-5-18(30)12-17)27-22(28-21(19)29)26-16-8-6-15(23)7-9-16/h3-5,12-16,30H,6-11,23H2,1-2H3,(H2,25,26,27,28). The maximum Gasteiger partial charge on any atom is 0.227 e.